The zero-order valence-electron chi connectivity index (χ0n) is 17.3. The third-order valence-corrected chi connectivity index (χ3v) is 4.58. The van der Waals surface area contributed by atoms with Gasteiger partial charge in [0.05, 0.1) is 12.1 Å². The van der Waals surface area contributed by atoms with Crippen molar-refractivity contribution in [1.82, 2.24) is 5.32 Å². The van der Waals surface area contributed by atoms with Crippen LogP contribution in [0.25, 0.3) is 0 Å². The van der Waals surface area contributed by atoms with Gasteiger partial charge in [-0.25, -0.2) is 4.79 Å². The summed E-state index contributed by atoms with van der Waals surface area (Å²) in [6, 6.07) is 17.2. The zero-order chi connectivity index (χ0) is 22.0. The molecule has 2 aromatic carbocycles. The molecule has 30 heavy (non-hydrogen) atoms. The Hall–Kier alpha value is -3.00. The molecule has 160 valence electrons. The van der Waals surface area contributed by atoms with E-state index in [2.05, 4.69) is 10.6 Å². The van der Waals surface area contributed by atoms with E-state index in [1.807, 2.05) is 48.5 Å². The minimum absolute atomic E-state index is 0.0614. The topological polar surface area (TPSA) is 93.7 Å². The fourth-order valence-electron chi connectivity index (χ4n) is 2.26. The smallest absolute Gasteiger partial charge is 0.407 e. The molecule has 0 saturated carbocycles. The summed E-state index contributed by atoms with van der Waals surface area (Å²) >= 11 is 1.52. The normalized spacial score (nSPS) is 10.8. The van der Waals surface area contributed by atoms with Crippen molar-refractivity contribution in [2.75, 3.05) is 18.5 Å². The molecule has 7 nitrogen and oxygen atoms in total. The molecule has 2 aromatic rings. The maximum absolute atomic E-state index is 12.2. The molecule has 0 spiro atoms. The van der Waals surface area contributed by atoms with Crippen LogP contribution >= 0.6 is 11.8 Å². The number of rotatable bonds is 8. The molecule has 0 aliphatic rings. The Balaban J connectivity index is 1.76. The minimum atomic E-state index is -0.613. The first kappa shape index (κ1) is 23.3. The SMILES string of the molecule is CC(C)(C)OC(=O)NCCC(=O)OCC(=O)Nc1ccccc1Sc1ccccc1. The quantitative estimate of drug-likeness (QED) is 0.609. The van der Waals surface area contributed by atoms with Crippen molar-refractivity contribution in [3.63, 3.8) is 0 Å². The first-order valence-electron chi connectivity index (χ1n) is 9.47. The van der Waals surface area contributed by atoms with E-state index in [1.54, 1.807) is 26.8 Å². The fraction of sp³-hybridized carbons (Fsp3) is 0.318. The number of alkyl carbamates (subject to hydrolysis) is 1. The van der Waals surface area contributed by atoms with Crippen molar-refractivity contribution in [3.8, 4) is 0 Å². The first-order valence-corrected chi connectivity index (χ1v) is 10.3. The Morgan fingerprint density at radius 1 is 0.967 bits per heavy atom. The second-order valence-electron chi connectivity index (χ2n) is 7.30. The van der Waals surface area contributed by atoms with Crippen LogP contribution in [0.2, 0.25) is 0 Å². The van der Waals surface area contributed by atoms with Gasteiger partial charge in [-0.05, 0) is 45.0 Å². The van der Waals surface area contributed by atoms with Gasteiger partial charge in [0.2, 0.25) is 0 Å². The van der Waals surface area contributed by atoms with Gasteiger partial charge in [-0.1, -0.05) is 42.1 Å². The number of ether oxygens (including phenoxy) is 2. The third-order valence-electron chi connectivity index (χ3n) is 3.49. The lowest BCUT2D eigenvalue weighted by molar-refractivity contribution is -0.147. The monoisotopic (exact) mass is 430 g/mol. The molecule has 0 atom stereocenters. The standard InChI is InChI=1S/C22H26N2O5S/c1-22(2,3)29-21(27)23-14-13-20(26)28-15-19(25)24-17-11-7-8-12-18(17)30-16-9-5-4-6-10-16/h4-12H,13-15H2,1-3H3,(H,23,27)(H,24,25). The second kappa shape index (κ2) is 11.3. The summed E-state index contributed by atoms with van der Waals surface area (Å²) in [6.07, 6.45) is -0.673. The van der Waals surface area contributed by atoms with Crippen LogP contribution in [0.5, 0.6) is 0 Å². The Morgan fingerprint density at radius 2 is 1.63 bits per heavy atom. The van der Waals surface area contributed by atoms with Crippen molar-refractivity contribution in [2.24, 2.45) is 0 Å². The Labute approximate surface area is 180 Å². The predicted molar refractivity (Wildman–Crippen MR) is 115 cm³/mol. The van der Waals surface area contributed by atoms with E-state index in [0.29, 0.717) is 5.69 Å². The van der Waals surface area contributed by atoms with Gasteiger partial charge in [0.1, 0.15) is 5.60 Å². The average molecular weight is 431 g/mol. The number of hydrogen-bond donors (Lipinski definition) is 2. The largest absolute Gasteiger partial charge is 0.456 e. The number of nitrogens with one attached hydrogen (secondary N) is 2. The van der Waals surface area contributed by atoms with Crippen LogP contribution in [0.4, 0.5) is 10.5 Å². The van der Waals surface area contributed by atoms with Gasteiger partial charge in [0.15, 0.2) is 6.61 Å². The summed E-state index contributed by atoms with van der Waals surface area (Å²) in [7, 11) is 0. The van der Waals surface area contributed by atoms with E-state index in [9.17, 15) is 14.4 Å². The van der Waals surface area contributed by atoms with Crippen molar-refractivity contribution in [2.45, 2.75) is 42.6 Å². The maximum atomic E-state index is 12.2. The van der Waals surface area contributed by atoms with Crippen LogP contribution in [0.3, 0.4) is 0 Å². The van der Waals surface area contributed by atoms with Crippen molar-refractivity contribution >= 4 is 35.4 Å². The Kier molecular flexibility index (Phi) is 8.73. The lowest BCUT2D eigenvalue weighted by Crippen LogP contribution is -2.34. The first-order chi connectivity index (χ1) is 14.2. The highest BCUT2D eigenvalue weighted by atomic mass is 32.2. The van der Waals surface area contributed by atoms with E-state index in [1.165, 1.54) is 11.8 Å². The third kappa shape index (κ3) is 9.00. The van der Waals surface area contributed by atoms with Gasteiger partial charge in [-0.15, -0.1) is 0 Å². The molecule has 0 aromatic heterocycles. The molecule has 2 amide bonds. The van der Waals surface area contributed by atoms with Gasteiger partial charge >= 0.3 is 12.1 Å². The molecule has 0 heterocycles. The highest BCUT2D eigenvalue weighted by Crippen LogP contribution is 2.33. The van der Waals surface area contributed by atoms with Crippen molar-refractivity contribution < 1.29 is 23.9 Å². The molecular weight excluding hydrogens is 404 g/mol. The van der Waals surface area contributed by atoms with Gasteiger partial charge in [0, 0.05) is 16.3 Å². The van der Waals surface area contributed by atoms with Crippen LogP contribution in [-0.2, 0) is 19.1 Å². The van der Waals surface area contributed by atoms with Crippen molar-refractivity contribution in [1.29, 1.82) is 0 Å². The molecule has 8 heteroatoms. The highest BCUT2D eigenvalue weighted by molar-refractivity contribution is 7.99. The lowest BCUT2D eigenvalue weighted by Gasteiger charge is -2.19. The highest BCUT2D eigenvalue weighted by Gasteiger charge is 2.16. The summed E-state index contributed by atoms with van der Waals surface area (Å²) in [5.41, 5.74) is 0.0246. The summed E-state index contributed by atoms with van der Waals surface area (Å²) in [6.45, 7) is 4.89. The van der Waals surface area contributed by atoms with Gasteiger partial charge in [0.25, 0.3) is 5.91 Å². The van der Waals surface area contributed by atoms with Crippen molar-refractivity contribution in [3.05, 3.63) is 54.6 Å². The Morgan fingerprint density at radius 3 is 2.33 bits per heavy atom. The molecule has 2 rings (SSSR count). The molecule has 0 fully saturated rings. The Bertz CT molecular complexity index is 865. The zero-order valence-corrected chi connectivity index (χ0v) is 18.1. The van der Waals surface area contributed by atoms with Crippen LogP contribution in [0.1, 0.15) is 27.2 Å². The van der Waals surface area contributed by atoms with Crippen LogP contribution in [-0.4, -0.2) is 36.7 Å². The number of para-hydroxylation sites is 1. The number of hydrogen-bond acceptors (Lipinski definition) is 6. The van der Waals surface area contributed by atoms with Gasteiger partial charge in [-0.2, -0.15) is 0 Å². The van der Waals surface area contributed by atoms with E-state index >= 15 is 0 Å². The number of benzene rings is 2. The van der Waals surface area contributed by atoms with Gasteiger partial charge < -0.3 is 20.1 Å². The molecule has 0 unspecified atom stereocenters. The van der Waals surface area contributed by atoms with Crippen LogP contribution in [0, 0.1) is 0 Å². The predicted octanol–water partition coefficient (Wildman–Crippen LogP) is 4.23. The number of carbonyl (C=O) groups is 3. The van der Waals surface area contributed by atoms with E-state index in [-0.39, 0.29) is 13.0 Å². The van der Waals surface area contributed by atoms with E-state index in [4.69, 9.17) is 9.47 Å². The maximum Gasteiger partial charge on any atom is 0.407 e. The second-order valence-corrected chi connectivity index (χ2v) is 8.41. The summed E-state index contributed by atoms with van der Waals surface area (Å²) in [5, 5.41) is 5.22. The molecule has 0 aliphatic heterocycles. The molecule has 0 bridgehead atoms. The average Bonchev–Trinajstić information content (AvgIpc) is 2.67. The minimum Gasteiger partial charge on any atom is -0.456 e. The fourth-order valence-corrected chi connectivity index (χ4v) is 3.18. The summed E-state index contributed by atoms with van der Waals surface area (Å²) in [5.74, 6) is -1.03. The summed E-state index contributed by atoms with van der Waals surface area (Å²) in [4.78, 5) is 37.4. The van der Waals surface area contributed by atoms with Crippen LogP contribution < -0.4 is 10.6 Å². The molecule has 0 aliphatic carbocycles. The molecule has 2 N–H and O–H groups in total. The van der Waals surface area contributed by atoms with E-state index in [0.717, 1.165) is 9.79 Å². The number of carbonyl (C=O) groups excluding carboxylic acids is 3. The number of esters is 1. The number of anilines is 1. The van der Waals surface area contributed by atoms with E-state index < -0.39 is 30.2 Å². The molecular formula is C22H26N2O5S. The summed E-state index contributed by atoms with van der Waals surface area (Å²) < 4.78 is 10.0. The lowest BCUT2D eigenvalue weighted by atomic mass is 10.2. The molecule has 0 saturated heterocycles. The molecule has 0 radical (unpaired) electrons. The van der Waals surface area contributed by atoms with Gasteiger partial charge in [-0.3, -0.25) is 9.59 Å². The number of amides is 2. The van der Waals surface area contributed by atoms with Crippen LogP contribution in [0.15, 0.2) is 64.4 Å².